The zero-order valence-corrected chi connectivity index (χ0v) is 15.8. The van der Waals surface area contributed by atoms with E-state index in [1.54, 1.807) is 30.3 Å². The molecule has 0 atom stereocenters. The molecular formula is C18H13N3O5S2. The van der Waals surface area contributed by atoms with E-state index < -0.39 is 24.4 Å². The van der Waals surface area contributed by atoms with Gasteiger partial charge in [-0.3, -0.25) is 20.0 Å². The molecule has 10 heteroatoms. The summed E-state index contributed by atoms with van der Waals surface area (Å²) in [5.74, 6) is -1.58. The maximum atomic E-state index is 12.6. The molecule has 2 N–H and O–H groups in total. The Morgan fingerprint density at radius 3 is 2.54 bits per heavy atom. The third-order valence-electron chi connectivity index (χ3n) is 3.49. The lowest BCUT2D eigenvalue weighted by molar-refractivity contribution is -0.139. The van der Waals surface area contributed by atoms with Crippen LogP contribution in [0.4, 0.5) is 0 Å². The molecular weight excluding hydrogens is 402 g/mol. The van der Waals surface area contributed by atoms with Crippen LogP contribution in [0, 0.1) is 0 Å². The standard InChI is InChI=1S/C18H13N3O5S2/c22-15(23)10-26-13-3-1-11(2-4-13)9-14-17(25)21(18(27)28-14)20-16(24)12-5-7-19-8-6-12/h1-9H,10H2,(H,20,24)(H,22,23)/b14-9+. The lowest BCUT2D eigenvalue weighted by Crippen LogP contribution is -2.44. The normalized spacial score (nSPS) is 15.0. The molecule has 0 spiro atoms. The monoisotopic (exact) mass is 415 g/mol. The Morgan fingerprint density at radius 2 is 1.89 bits per heavy atom. The van der Waals surface area contributed by atoms with E-state index in [1.165, 1.54) is 24.5 Å². The summed E-state index contributed by atoms with van der Waals surface area (Å²) in [5.41, 5.74) is 3.54. The van der Waals surface area contributed by atoms with Crippen molar-refractivity contribution < 1.29 is 24.2 Å². The summed E-state index contributed by atoms with van der Waals surface area (Å²) in [4.78, 5) is 39.5. The molecule has 1 aliphatic heterocycles. The van der Waals surface area contributed by atoms with Crippen molar-refractivity contribution in [3.8, 4) is 5.75 Å². The third kappa shape index (κ3) is 4.72. The predicted molar refractivity (Wildman–Crippen MR) is 106 cm³/mol. The number of nitrogens with one attached hydrogen (secondary N) is 1. The van der Waals surface area contributed by atoms with Gasteiger partial charge in [-0.05, 0) is 48.1 Å². The summed E-state index contributed by atoms with van der Waals surface area (Å²) in [6.45, 7) is -0.435. The number of rotatable bonds is 6. The molecule has 2 heterocycles. The van der Waals surface area contributed by atoms with E-state index in [0.29, 0.717) is 21.8 Å². The quantitative estimate of drug-likeness (QED) is 0.545. The SMILES string of the molecule is O=C(O)COc1ccc(/C=C2/SC(=S)N(NC(=O)c3ccncc3)C2=O)cc1. The number of hydrazine groups is 1. The molecule has 3 rings (SSSR count). The van der Waals surface area contributed by atoms with Gasteiger partial charge in [0.1, 0.15) is 5.75 Å². The number of amides is 2. The second-order valence-electron chi connectivity index (χ2n) is 5.45. The average molecular weight is 415 g/mol. The van der Waals surface area contributed by atoms with Gasteiger partial charge in [-0.1, -0.05) is 23.9 Å². The molecule has 1 aliphatic rings. The van der Waals surface area contributed by atoms with Crippen LogP contribution in [-0.2, 0) is 9.59 Å². The second-order valence-corrected chi connectivity index (χ2v) is 7.12. The number of aromatic nitrogens is 1. The molecule has 0 radical (unpaired) electrons. The molecule has 1 saturated heterocycles. The lowest BCUT2D eigenvalue weighted by atomic mass is 10.2. The second kappa shape index (κ2) is 8.63. The number of benzene rings is 1. The molecule has 2 aromatic rings. The van der Waals surface area contributed by atoms with E-state index in [4.69, 9.17) is 22.1 Å². The van der Waals surface area contributed by atoms with E-state index in [1.807, 2.05) is 0 Å². The maximum absolute atomic E-state index is 12.6. The molecule has 1 fully saturated rings. The summed E-state index contributed by atoms with van der Waals surface area (Å²) in [5, 5.41) is 9.64. The highest BCUT2D eigenvalue weighted by molar-refractivity contribution is 8.26. The number of carboxylic acid groups (broad SMARTS) is 1. The minimum atomic E-state index is -1.07. The number of nitrogens with zero attached hydrogens (tertiary/aromatic N) is 2. The van der Waals surface area contributed by atoms with Gasteiger partial charge in [0.2, 0.25) is 0 Å². The predicted octanol–water partition coefficient (Wildman–Crippen LogP) is 2.09. The van der Waals surface area contributed by atoms with E-state index in [9.17, 15) is 14.4 Å². The molecule has 1 aromatic carbocycles. The van der Waals surface area contributed by atoms with Crippen LogP contribution in [0.1, 0.15) is 15.9 Å². The van der Waals surface area contributed by atoms with Crippen molar-refractivity contribution in [3.63, 3.8) is 0 Å². The van der Waals surface area contributed by atoms with E-state index in [2.05, 4.69) is 10.4 Å². The van der Waals surface area contributed by atoms with Crippen molar-refractivity contribution in [2.75, 3.05) is 6.61 Å². The van der Waals surface area contributed by atoms with E-state index in [-0.39, 0.29) is 4.32 Å². The Bertz CT molecular complexity index is 961. The fraction of sp³-hybridized carbons (Fsp3) is 0.0556. The van der Waals surface area contributed by atoms with Gasteiger partial charge in [0, 0.05) is 18.0 Å². The highest BCUT2D eigenvalue weighted by atomic mass is 32.2. The highest BCUT2D eigenvalue weighted by Crippen LogP contribution is 2.31. The maximum Gasteiger partial charge on any atom is 0.341 e. The number of thioether (sulfide) groups is 1. The van der Waals surface area contributed by atoms with Gasteiger partial charge in [0.25, 0.3) is 11.8 Å². The van der Waals surface area contributed by atoms with Crippen molar-refractivity contribution in [3.05, 3.63) is 64.8 Å². The molecule has 0 saturated carbocycles. The zero-order valence-electron chi connectivity index (χ0n) is 14.2. The van der Waals surface area contributed by atoms with Crippen LogP contribution in [-0.4, -0.2) is 43.8 Å². The fourth-order valence-corrected chi connectivity index (χ4v) is 3.37. The first-order chi connectivity index (χ1) is 13.4. The summed E-state index contributed by atoms with van der Waals surface area (Å²) >= 11 is 6.25. The smallest absolute Gasteiger partial charge is 0.341 e. The van der Waals surface area contributed by atoms with Gasteiger partial charge >= 0.3 is 5.97 Å². The Labute approximate surface area is 169 Å². The fourth-order valence-electron chi connectivity index (χ4n) is 2.19. The van der Waals surface area contributed by atoms with Gasteiger partial charge in [-0.2, -0.15) is 5.01 Å². The Hall–Kier alpha value is -3.24. The summed E-state index contributed by atoms with van der Waals surface area (Å²) in [7, 11) is 0. The molecule has 0 unspecified atom stereocenters. The number of aliphatic carboxylic acids is 1. The number of hydrogen-bond donors (Lipinski definition) is 2. The molecule has 2 amide bonds. The van der Waals surface area contributed by atoms with Crippen LogP contribution in [0.25, 0.3) is 6.08 Å². The Morgan fingerprint density at radius 1 is 1.21 bits per heavy atom. The van der Waals surface area contributed by atoms with Crippen LogP contribution in [0.2, 0.25) is 0 Å². The van der Waals surface area contributed by atoms with Crippen molar-refractivity contribution in [1.29, 1.82) is 0 Å². The van der Waals surface area contributed by atoms with Crippen LogP contribution < -0.4 is 10.2 Å². The first-order valence-electron chi connectivity index (χ1n) is 7.87. The van der Waals surface area contributed by atoms with Crippen molar-refractivity contribution in [2.45, 2.75) is 0 Å². The zero-order chi connectivity index (χ0) is 20.1. The molecule has 1 aromatic heterocycles. The van der Waals surface area contributed by atoms with Gasteiger partial charge in [-0.25, -0.2) is 4.79 Å². The molecule has 8 nitrogen and oxygen atoms in total. The van der Waals surface area contributed by atoms with Crippen molar-refractivity contribution in [1.82, 2.24) is 15.4 Å². The molecule has 0 aliphatic carbocycles. The van der Waals surface area contributed by atoms with E-state index in [0.717, 1.165) is 16.8 Å². The van der Waals surface area contributed by atoms with Gasteiger partial charge in [0.15, 0.2) is 10.9 Å². The number of pyridine rings is 1. The van der Waals surface area contributed by atoms with Crippen LogP contribution in [0.5, 0.6) is 5.75 Å². The van der Waals surface area contributed by atoms with E-state index >= 15 is 0 Å². The van der Waals surface area contributed by atoms with Gasteiger partial charge in [-0.15, -0.1) is 0 Å². The molecule has 142 valence electrons. The molecule has 0 bridgehead atoms. The minimum absolute atomic E-state index is 0.208. The first-order valence-corrected chi connectivity index (χ1v) is 9.10. The number of thiocarbonyl (C=S) groups is 1. The Kier molecular flexibility index (Phi) is 6.02. The summed E-state index contributed by atoms with van der Waals surface area (Å²) < 4.78 is 5.27. The average Bonchev–Trinajstić information content (AvgIpc) is 2.95. The first kappa shape index (κ1) is 19.5. The van der Waals surface area contributed by atoms with Gasteiger partial charge in [0.05, 0.1) is 4.91 Å². The van der Waals surface area contributed by atoms with Crippen LogP contribution >= 0.6 is 24.0 Å². The minimum Gasteiger partial charge on any atom is -0.482 e. The largest absolute Gasteiger partial charge is 0.482 e. The van der Waals surface area contributed by atoms with Crippen LogP contribution in [0.3, 0.4) is 0 Å². The van der Waals surface area contributed by atoms with Crippen molar-refractivity contribution >= 4 is 52.2 Å². The highest BCUT2D eigenvalue weighted by Gasteiger charge is 2.33. The number of carbonyl (C=O) groups is 3. The summed E-state index contributed by atoms with van der Waals surface area (Å²) in [6.07, 6.45) is 4.57. The number of ether oxygens (including phenoxy) is 1. The van der Waals surface area contributed by atoms with Crippen molar-refractivity contribution in [2.24, 2.45) is 0 Å². The van der Waals surface area contributed by atoms with Crippen LogP contribution in [0.15, 0.2) is 53.7 Å². The topological polar surface area (TPSA) is 109 Å². The molecule has 28 heavy (non-hydrogen) atoms. The Balaban J connectivity index is 1.68. The number of hydrogen-bond acceptors (Lipinski definition) is 7. The number of carboxylic acids is 1. The summed E-state index contributed by atoms with van der Waals surface area (Å²) in [6, 6.07) is 9.60. The third-order valence-corrected chi connectivity index (χ3v) is 4.79. The number of carbonyl (C=O) groups excluding carboxylic acids is 2. The lowest BCUT2D eigenvalue weighted by Gasteiger charge is -2.15. The van der Waals surface area contributed by atoms with Gasteiger partial charge < -0.3 is 9.84 Å².